The van der Waals surface area contributed by atoms with E-state index in [4.69, 9.17) is 0 Å². The number of pyridine rings is 2. The summed E-state index contributed by atoms with van der Waals surface area (Å²) in [6, 6.07) is 15.5. The molecule has 0 radical (unpaired) electrons. The van der Waals surface area contributed by atoms with E-state index in [0.29, 0.717) is 5.95 Å². The van der Waals surface area contributed by atoms with Gasteiger partial charge in [-0.15, -0.1) is 0 Å². The second-order valence-electron chi connectivity index (χ2n) is 8.87. The van der Waals surface area contributed by atoms with Crippen LogP contribution in [0.25, 0.3) is 11.3 Å². The van der Waals surface area contributed by atoms with E-state index in [1.807, 2.05) is 62.5 Å². The molecule has 4 aromatic rings. The molecule has 1 saturated heterocycles. The molecule has 3 aromatic heterocycles. The average molecular weight is 511 g/mol. The molecule has 0 amide bonds. The molecule has 1 aliphatic rings. The highest BCUT2D eigenvalue weighted by molar-refractivity contribution is 5.75. The Labute approximate surface area is 224 Å². The molecule has 1 aliphatic heterocycles. The summed E-state index contributed by atoms with van der Waals surface area (Å²) in [6.07, 6.45) is 7.91. The lowest BCUT2D eigenvalue weighted by atomic mass is 10.2. The summed E-state index contributed by atoms with van der Waals surface area (Å²) in [5.41, 5.74) is 6.42. The molecule has 0 aliphatic carbocycles. The van der Waals surface area contributed by atoms with E-state index in [9.17, 15) is 4.79 Å². The first kappa shape index (κ1) is 26.7. The molecule has 0 unspecified atom stereocenters. The van der Waals surface area contributed by atoms with E-state index in [0.717, 1.165) is 72.9 Å². The Morgan fingerprint density at radius 3 is 2.42 bits per heavy atom. The number of nitrogens with zero attached hydrogens (tertiary/aromatic N) is 6. The molecule has 38 heavy (non-hydrogen) atoms. The predicted octanol–water partition coefficient (Wildman–Crippen LogP) is 4.67. The van der Waals surface area contributed by atoms with Crippen molar-refractivity contribution in [3.05, 3.63) is 84.6 Å². The Kier molecular flexibility index (Phi) is 9.31. The van der Waals surface area contributed by atoms with Gasteiger partial charge in [-0.05, 0) is 62.0 Å². The van der Waals surface area contributed by atoms with Crippen LogP contribution in [0, 0.1) is 6.92 Å². The normalized spacial score (nSPS) is 13.3. The lowest BCUT2D eigenvalue weighted by molar-refractivity contribution is 0.112. The fraction of sp³-hybridized carbons (Fsp3) is 0.276. The van der Waals surface area contributed by atoms with Crippen molar-refractivity contribution >= 4 is 29.3 Å². The highest BCUT2D eigenvalue weighted by Crippen LogP contribution is 2.22. The van der Waals surface area contributed by atoms with Crippen LogP contribution in [0.5, 0.6) is 0 Å². The van der Waals surface area contributed by atoms with Gasteiger partial charge in [0, 0.05) is 68.6 Å². The van der Waals surface area contributed by atoms with Gasteiger partial charge < -0.3 is 20.4 Å². The Bertz CT molecular complexity index is 1310. The van der Waals surface area contributed by atoms with E-state index in [1.54, 1.807) is 24.8 Å². The third kappa shape index (κ3) is 7.10. The molecule has 5 rings (SSSR count). The highest BCUT2D eigenvalue weighted by atomic mass is 16.1. The summed E-state index contributed by atoms with van der Waals surface area (Å²) in [5, 5.41) is 6.28. The fourth-order valence-electron chi connectivity index (χ4n) is 4.10. The second-order valence-corrected chi connectivity index (χ2v) is 8.87. The van der Waals surface area contributed by atoms with Crippen LogP contribution in [-0.4, -0.2) is 70.9 Å². The zero-order chi connectivity index (χ0) is 26.7. The van der Waals surface area contributed by atoms with Gasteiger partial charge in [-0.2, -0.15) is 0 Å². The number of aromatic nitrogens is 4. The molecule has 0 atom stereocenters. The molecule has 2 N–H and O–H groups in total. The van der Waals surface area contributed by atoms with Gasteiger partial charge in [0.05, 0.1) is 29.0 Å². The SMILES string of the molecule is CCN1CCN(c2ccc(C=O)cc2)CC1.CNc1cnc(C)c(Nc2nccc(-c3cccnc3)n2)c1. The van der Waals surface area contributed by atoms with Gasteiger partial charge in [-0.25, -0.2) is 9.97 Å². The van der Waals surface area contributed by atoms with Gasteiger partial charge in [0.1, 0.15) is 6.29 Å². The Morgan fingerprint density at radius 1 is 0.974 bits per heavy atom. The number of piperazine rings is 1. The summed E-state index contributed by atoms with van der Waals surface area (Å²) < 4.78 is 0. The maximum Gasteiger partial charge on any atom is 0.227 e. The van der Waals surface area contributed by atoms with E-state index in [-0.39, 0.29) is 0 Å². The maximum atomic E-state index is 10.6. The Balaban J connectivity index is 0.000000186. The highest BCUT2D eigenvalue weighted by Gasteiger charge is 2.15. The number of aldehydes is 1. The summed E-state index contributed by atoms with van der Waals surface area (Å²) in [4.78, 5) is 32.6. The van der Waals surface area contributed by atoms with E-state index >= 15 is 0 Å². The van der Waals surface area contributed by atoms with Crippen LogP contribution >= 0.6 is 0 Å². The lowest BCUT2D eigenvalue weighted by Gasteiger charge is -2.35. The third-order valence-corrected chi connectivity index (χ3v) is 6.45. The summed E-state index contributed by atoms with van der Waals surface area (Å²) in [6.45, 7) is 9.69. The van der Waals surface area contributed by atoms with Crippen molar-refractivity contribution in [1.82, 2.24) is 24.8 Å². The standard InChI is InChI=1S/C16H16N6.C13H18N2O/c1-11-15(8-13(17-2)10-20-11)22-16-19-7-5-14(21-16)12-4-3-6-18-9-12;1-2-14-7-9-15(10-8-14)13-5-3-12(11-16)4-6-13/h3-10,17H,1-2H3,(H,19,21,22);3-6,11H,2,7-10H2,1H3. The quantitative estimate of drug-likeness (QED) is 0.344. The predicted molar refractivity (Wildman–Crippen MR) is 153 cm³/mol. The number of anilines is 4. The second kappa shape index (κ2) is 13.3. The van der Waals surface area contributed by atoms with Crippen molar-refractivity contribution in [2.24, 2.45) is 0 Å². The molecule has 196 valence electrons. The van der Waals surface area contributed by atoms with Gasteiger partial charge in [0.15, 0.2) is 0 Å². The number of rotatable bonds is 7. The molecule has 1 fully saturated rings. The molecule has 0 bridgehead atoms. The number of nitrogens with one attached hydrogen (secondary N) is 2. The van der Waals surface area contributed by atoms with Gasteiger partial charge in [0.25, 0.3) is 0 Å². The molecule has 0 spiro atoms. The number of carbonyl (C=O) groups excluding carboxylic acids is 1. The topological polar surface area (TPSA) is 99.2 Å². The molecule has 1 aromatic carbocycles. The molecule has 9 nitrogen and oxygen atoms in total. The zero-order valence-corrected chi connectivity index (χ0v) is 22.1. The number of aryl methyl sites for hydroxylation is 1. The van der Waals surface area contributed by atoms with Crippen LogP contribution in [0.3, 0.4) is 0 Å². The first-order valence-corrected chi connectivity index (χ1v) is 12.8. The van der Waals surface area contributed by atoms with Crippen molar-refractivity contribution < 1.29 is 4.79 Å². The van der Waals surface area contributed by atoms with Crippen molar-refractivity contribution in [3.8, 4) is 11.3 Å². The Morgan fingerprint density at radius 2 is 1.76 bits per heavy atom. The van der Waals surface area contributed by atoms with Crippen molar-refractivity contribution in [2.45, 2.75) is 13.8 Å². The lowest BCUT2D eigenvalue weighted by Crippen LogP contribution is -2.46. The van der Waals surface area contributed by atoms with Crippen LogP contribution in [-0.2, 0) is 0 Å². The maximum absolute atomic E-state index is 10.6. The van der Waals surface area contributed by atoms with Crippen molar-refractivity contribution in [1.29, 1.82) is 0 Å². The molecule has 0 saturated carbocycles. The van der Waals surface area contributed by atoms with Crippen LogP contribution in [0.4, 0.5) is 23.0 Å². The number of hydrogen-bond acceptors (Lipinski definition) is 9. The van der Waals surface area contributed by atoms with Crippen molar-refractivity contribution in [3.63, 3.8) is 0 Å². The molecular weight excluding hydrogens is 476 g/mol. The first-order valence-electron chi connectivity index (χ1n) is 12.8. The minimum absolute atomic E-state index is 0.527. The third-order valence-electron chi connectivity index (χ3n) is 6.45. The van der Waals surface area contributed by atoms with Crippen molar-refractivity contribution in [2.75, 3.05) is 55.3 Å². The van der Waals surface area contributed by atoms with E-state index in [1.165, 1.54) is 5.69 Å². The largest absolute Gasteiger partial charge is 0.387 e. The van der Waals surface area contributed by atoms with Gasteiger partial charge in [-0.1, -0.05) is 6.92 Å². The monoisotopic (exact) mass is 510 g/mol. The summed E-state index contributed by atoms with van der Waals surface area (Å²) in [5.74, 6) is 0.527. The zero-order valence-electron chi connectivity index (χ0n) is 22.1. The number of benzene rings is 1. The van der Waals surface area contributed by atoms with E-state index in [2.05, 4.69) is 47.3 Å². The Hall–Kier alpha value is -4.37. The first-order chi connectivity index (χ1) is 18.6. The number of hydrogen-bond donors (Lipinski definition) is 2. The molecular formula is C29H34N8O. The van der Waals surface area contributed by atoms with Crippen LogP contribution in [0.2, 0.25) is 0 Å². The minimum atomic E-state index is 0.527. The number of likely N-dealkylation sites (N-methyl/N-ethyl adjacent to an activating group) is 1. The molecule has 4 heterocycles. The van der Waals surface area contributed by atoms with E-state index < -0.39 is 0 Å². The summed E-state index contributed by atoms with van der Waals surface area (Å²) >= 11 is 0. The average Bonchev–Trinajstić information content (AvgIpc) is 2.99. The smallest absolute Gasteiger partial charge is 0.227 e. The molecule has 9 heteroatoms. The van der Waals surface area contributed by atoms with Crippen LogP contribution < -0.4 is 15.5 Å². The summed E-state index contributed by atoms with van der Waals surface area (Å²) in [7, 11) is 1.86. The van der Waals surface area contributed by atoms with Gasteiger partial charge in [-0.3, -0.25) is 14.8 Å². The van der Waals surface area contributed by atoms with Crippen LogP contribution in [0.15, 0.2) is 73.3 Å². The minimum Gasteiger partial charge on any atom is -0.387 e. The number of carbonyl (C=O) groups is 1. The van der Waals surface area contributed by atoms with Crippen LogP contribution in [0.1, 0.15) is 23.0 Å². The van der Waals surface area contributed by atoms with Gasteiger partial charge in [0.2, 0.25) is 5.95 Å². The van der Waals surface area contributed by atoms with Gasteiger partial charge >= 0.3 is 0 Å². The fourth-order valence-corrected chi connectivity index (χ4v) is 4.10.